The Kier molecular flexibility index (Phi) is 6.04. The van der Waals surface area contributed by atoms with Gasteiger partial charge < -0.3 is 14.4 Å². The molecule has 0 spiro atoms. The number of carbonyl (C=O) groups is 1. The van der Waals surface area contributed by atoms with Gasteiger partial charge in [0.25, 0.3) is 5.91 Å². The Morgan fingerprint density at radius 3 is 2.22 bits per heavy atom. The first kappa shape index (κ1) is 17.3. The lowest BCUT2D eigenvalue weighted by Crippen LogP contribution is -2.37. The van der Waals surface area contributed by atoms with Crippen molar-refractivity contribution in [1.82, 2.24) is 4.90 Å². The SMILES string of the molecule is COc1ccc(CN(C)C(=O)[C@@H](C)Oc2ccc(Br)cc2)cc1. The van der Waals surface area contributed by atoms with Crippen LogP contribution >= 0.6 is 15.9 Å². The number of benzene rings is 2. The van der Waals surface area contributed by atoms with Crippen LogP contribution in [0.3, 0.4) is 0 Å². The van der Waals surface area contributed by atoms with Crippen molar-refractivity contribution < 1.29 is 14.3 Å². The summed E-state index contributed by atoms with van der Waals surface area (Å²) >= 11 is 3.37. The standard InChI is InChI=1S/C18H20BrNO3/c1-13(23-17-10-6-15(19)7-11-17)18(21)20(2)12-14-4-8-16(22-3)9-5-14/h4-11,13H,12H2,1-3H3/t13-/m1/s1. The molecule has 0 bridgehead atoms. The summed E-state index contributed by atoms with van der Waals surface area (Å²) in [7, 11) is 3.40. The van der Waals surface area contributed by atoms with Gasteiger partial charge in [-0.15, -0.1) is 0 Å². The van der Waals surface area contributed by atoms with Gasteiger partial charge in [-0.1, -0.05) is 28.1 Å². The molecule has 0 saturated heterocycles. The molecule has 0 aromatic heterocycles. The van der Waals surface area contributed by atoms with Crippen molar-refractivity contribution >= 4 is 21.8 Å². The van der Waals surface area contributed by atoms with Gasteiger partial charge in [0, 0.05) is 18.1 Å². The third-order valence-corrected chi connectivity index (χ3v) is 3.96. The molecule has 1 amide bonds. The molecule has 122 valence electrons. The number of hydrogen-bond donors (Lipinski definition) is 0. The molecule has 2 aromatic rings. The van der Waals surface area contributed by atoms with E-state index < -0.39 is 6.10 Å². The van der Waals surface area contributed by atoms with Gasteiger partial charge in [0.05, 0.1) is 7.11 Å². The molecule has 0 N–H and O–H groups in total. The molecule has 0 fully saturated rings. The lowest BCUT2D eigenvalue weighted by Gasteiger charge is -2.22. The second kappa shape index (κ2) is 8.02. The minimum atomic E-state index is -0.542. The largest absolute Gasteiger partial charge is 0.497 e. The second-order valence-corrected chi connectivity index (χ2v) is 6.17. The Morgan fingerprint density at radius 1 is 1.09 bits per heavy atom. The van der Waals surface area contributed by atoms with Gasteiger partial charge in [-0.25, -0.2) is 0 Å². The average molecular weight is 378 g/mol. The van der Waals surface area contributed by atoms with Crippen molar-refractivity contribution in [2.45, 2.75) is 19.6 Å². The van der Waals surface area contributed by atoms with Crippen LogP contribution in [-0.2, 0) is 11.3 Å². The molecule has 2 rings (SSSR count). The zero-order valence-electron chi connectivity index (χ0n) is 13.5. The van der Waals surface area contributed by atoms with Crippen LogP contribution in [0.5, 0.6) is 11.5 Å². The van der Waals surface area contributed by atoms with Crippen molar-refractivity contribution in [3.8, 4) is 11.5 Å². The van der Waals surface area contributed by atoms with E-state index in [9.17, 15) is 4.79 Å². The molecule has 5 heteroatoms. The van der Waals surface area contributed by atoms with Crippen molar-refractivity contribution in [2.24, 2.45) is 0 Å². The first-order valence-electron chi connectivity index (χ1n) is 7.29. The van der Waals surface area contributed by atoms with Gasteiger partial charge in [0.1, 0.15) is 11.5 Å². The predicted octanol–water partition coefficient (Wildman–Crippen LogP) is 3.88. The summed E-state index contributed by atoms with van der Waals surface area (Å²) in [5.41, 5.74) is 1.04. The fraction of sp³-hybridized carbons (Fsp3) is 0.278. The molecule has 4 nitrogen and oxygen atoms in total. The van der Waals surface area contributed by atoms with Crippen LogP contribution < -0.4 is 9.47 Å². The molecular weight excluding hydrogens is 358 g/mol. The average Bonchev–Trinajstić information content (AvgIpc) is 2.56. The Balaban J connectivity index is 1.93. The summed E-state index contributed by atoms with van der Waals surface area (Å²) in [6.45, 7) is 2.28. The highest BCUT2D eigenvalue weighted by atomic mass is 79.9. The molecule has 2 aromatic carbocycles. The summed E-state index contributed by atoms with van der Waals surface area (Å²) in [6, 6.07) is 15.1. The smallest absolute Gasteiger partial charge is 0.263 e. The molecule has 0 aliphatic heterocycles. The highest BCUT2D eigenvalue weighted by molar-refractivity contribution is 9.10. The Bertz CT molecular complexity index is 640. The van der Waals surface area contributed by atoms with Crippen LogP contribution in [0.15, 0.2) is 53.0 Å². The highest BCUT2D eigenvalue weighted by Crippen LogP contribution is 2.18. The maximum Gasteiger partial charge on any atom is 0.263 e. The number of carbonyl (C=O) groups excluding carboxylic acids is 1. The quantitative estimate of drug-likeness (QED) is 0.766. The normalized spacial score (nSPS) is 11.7. The fourth-order valence-electron chi connectivity index (χ4n) is 2.16. The minimum absolute atomic E-state index is 0.0660. The summed E-state index contributed by atoms with van der Waals surface area (Å²) in [4.78, 5) is 14.1. The number of nitrogens with zero attached hydrogens (tertiary/aromatic N) is 1. The van der Waals surface area contributed by atoms with Gasteiger partial charge in [0.2, 0.25) is 0 Å². The zero-order chi connectivity index (χ0) is 16.8. The highest BCUT2D eigenvalue weighted by Gasteiger charge is 2.19. The maximum absolute atomic E-state index is 12.4. The lowest BCUT2D eigenvalue weighted by atomic mass is 10.2. The van der Waals surface area contributed by atoms with Gasteiger partial charge >= 0.3 is 0 Å². The number of hydrogen-bond acceptors (Lipinski definition) is 3. The van der Waals surface area contributed by atoms with Crippen LogP contribution in [0.4, 0.5) is 0 Å². The van der Waals surface area contributed by atoms with Crippen molar-refractivity contribution in [2.75, 3.05) is 14.2 Å². The van der Waals surface area contributed by atoms with Gasteiger partial charge in [-0.3, -0.25) is 4.79 Å². The molecular formula is C18H20BrNO3. The fourth-order valence-corrected chi connectivity index (χ4v) is 2.43. The summed E-state index contributed by atoms with van der Waals surface area (Å²) in [6.07, 6.45) is -0.542. The van der Waals surface area contributed by atoms with Gasteiger partial charge in [0.15, 0.2) is 6.10 Å². The molecule has 0 saturated carbocycles. The topological polar surface area (TPSA) is 38.8 Å². The number of likely N-dealkylation sites (N-methyl/N-ethyl adjacent to an activating group) is 1. The number of rotatable bonds is 6. The van der Waals surface area contributed by atoms with E-state index >= 15 is 0 Å². The van der Waals surface area contributed by atoms with Gasteiger partial charge in [-0.05, 0) is 48.9 Å². The molecule has 0 unspecified atom stereocenters. The van der Waals surface area contributed by atoms with E-state index in [-0.39, 0.29) is 5.91 Å². The number of ether oxygens (including phenoxy) is 2. The van der Waals surface area contributed by atoms with Crippen LogP contribution in [0.1, 0.15) is 12.5 Å². The summed E-state index contributed by atoms with van der Waals surface area (Å²) in [5, 5.41) is 0. The van der Waals surface area contributed by atoms with Crippen molar-refractivity contribution in [1.29, 1.82) is 0 Å². The molecule has 1 atom stereocenters. The van der Waals surface area contributed by atoms with Crippen molar-refractivity contribution in [3.63, 3.8) is 0 Å². The lowest BCUT2D eigenvalue weighted by molar-refractivity contribution is -0.137. The third kappa shape index (κ3) is 4.99. The van der Waals surface area contributed by atoms with E-state index in [4.69, 9.17) is 9.47 Å². The monoisotopic (exact) mass is 377 g/mol. The number of amides is 1. The van der Waals surface area contributed by atoms with E-state index in [1.165, 1.54) is 0 Å². The first-order valence-corrected chi connectivity index (χ1v) is 8.09. The molecule has 0 heterocycles. The molecule has 0 aliphatic carbocycles. The first-order chi connectivity index (χ1) is 11.0. The number of halogens is 1. The van der Waals surface area contributed by atoms with Crippen LogP contribution in [-0.4, -0.2) is 31.1 Å². The Labute approximate surface area is 145 Å². The van der Waals surface area contributed by atoms with Crippen LogP contribution in [0, 0.1) is 0 Å². The zero-order valence-corrected chi connectivity index (χ0v) is 15.0. The third-order valence-electron chi connectivity index (χ3n) is 3.43. The maximum atomic E-state index is 12.4. The van der Waals surface area contributed by atoms with E-state index in [1.807, 2.05) is 48.5 Å². The second-order valence-electron chi connectivity index (χ2n) is 5.26. The predicted molar refractivity (Wildman–Crippen MR) is 93.7 cm³/mol. The van der Waals surface area contributed by atoms with Crippen molar-refractivity contribution in [3.05, 3.63) is 58.6 Å². The molecule has 0 aliphatic rings. The van der Waals surface area contributed by atoms with E-state index in [0.29, 0.717) is 12.3 Å². The summed E-state index contributed by atoms with van der Waals surface area (Å²) in [5.74, 6) is 1.41. The van der Waals surface area contributed by atoms with E-state index in [1.54, 1.807) is 26.0 Å². The molecule has 23 heavy (non-hydrogen) atoms. The number of methoxy groups -OCH3 is 1. The minimum Gasteiger partial charge on any atom is -0.497 e. The van der Waals surface area contributed by atoms with Crippen LogP contribution in [0.2, 0.25) is 0 Å². The molecule has 0 radical (unpaired) electrons. The van der Waals surface area contributed by atoms with E-state index in [2.05, 4.69) is 15.9 Å². The van der Waals surface area contributed by atoms with E-state index in [0.717, 1.165) is 15.8 Å². The van der Waals surface area contributed by atoms with Crippen LogP contribution in [0.25, 0.3) is 0 Å². The summed E-state index contributed by atoms with van der Waals surface area (Å²) < 4.78 is 11.8. The Hall–Kier alpha value is -2.01. The Morgan fingerprint density at radius 2 is 1.65 bits per heavy atom. The van der Waals surface area contributed by atoms with Gasteiger partial charge in [-0.2, -0.15) is 0 Å².